The molecule has 1 heteroatoms. The Balaban J connectivity index is 1.76. The molecule has 6 bridgehead atoms. The highest BCUT2D eigenvalue weighted by atomic mass is 16.6. The van der Waals surface area contributed by atoms with Crippen molar-refractivity contribution in [2.24, 2.45) is 29.1 Å². The van der Waals surface area contributed by atoms with E-state index >= 15 is 0 Å². The zero-order valence-electron chi connectivity index (χ0n) is 9.33. The van der Waals surface area contributed by atoms with E-state index in [1.165, 1.54) is 25.7 Å². The fraction of sp³-hybridized carbons (Fsp3) is 0.857. The topological polar surface area (TPSA) is 9.23 Å². The fourth-order valence-electron chi connectivity index (χ4n) is 6.64. The second kappa shape index (κ2) is 1.84. The van der Waals surface area contributed by atoms with Gasteiger partial charge in [0, 0.05) is 17.8 Å². The molecule has 0 aromatic heterocycles. The van der Waals surface area contributed by atoms with Crippen LogP contribution in [0.3, 0.4) is 0 Å². The van der Waals surface area contributed by atoms with E-state index in [1.807, 2.05) is 0 Å². The van der Waals surface area contributed by atoms with Crippen LogP contribution in [0.25, 0.3) is 0 Å². The highest BCUT2D eigenvalue weighted by Crippen LogP contribution is 2.86. The predicted octanol–water partition coefficient (Wildman–Crippen LogP) is 2.77. The van der Waals surface area contributed by atoms with Crippen LogP contribution in [-0.4, -0.2) is 11.7 Å². The molecule has 0 amide bonds. The first-order chi connectivity index (χ1) is 7.20. The average molecular weight is 202 g/mol. The Bertz CT molecular complexity index is 392. The third kappa shape index (κ3) is 0.493. The van der Waals surface area contributed by atoms with Crippen LogP contribution >= 0.6 is 0 Å². The van der Waals surface area contributed by atoms with E-state index in [9.17, 15) is 0 Å². The molecule has 0 radical (unpaired) electrons. The van der Waals surface area contributed by atoms with Crippen molar-refractivity contribution in [1.29, 1.82) is 0 Å². The Kier molecular flexibility index (Phi) is 0.965. The van der Waals surface area contributed by atoms with E-state index < -0.39 is 0 Å². The van der Waals surface area contributed by atoms with Crippen LogP contribution in [-0.2, 0) is 4.74 Å². The van der Waals surface area contributed by atoms with E-state index in [0.29, 0.717) is 11.5 Å². The molecule has 0 unspecified atom stereocenters. The van der Waals surface area contributed by atoms with Crippen molar-refractivity contribution >= 4 is 0 Å². The zero-order chi connectivity index (χ0) is 10.00. The Hall–Kier alpha value is -0.300. The Morgan fingerprint density at radius 3 is 2.53 bits per heavy atom. The number of rotatable bonds is 0. The molecule has 6 fully saturated rings. The minimum absolute atomic E-state index is 0.241. The molecule has 6 atom stereocenters. The summed E-state index contributed by atoms with van der Waals surface area (Å²) in [7, 11) is 0. The minimum Gasteiger partial charge on any atom is -0.370 e. The van der Waals surface area contributed by atoms with Gasteiger partial charge in [-0.05, 0) is 31.1 Å². The molecular formula is C14H18O. The molecule has 1 aliphatic heterocycles. The van der Waals surface area contributed by atoms with Gasteiger partial charge in [-0.1, -0.05) is 25.0 Å². The third-order valence-corrected chi connectivity index (χ3v) is 6.71. The molecule has 0 aromatic carbocycles. The van der Waals surface area contributed by atoms with Gasteiger partial charge in [-0.3, -0.25) is 0 Å². The van der Waals surface area contributed by atoms with Crippen LogP contribution in [0.4, 0.5) is 0 Å². The molecule has 5 aliphatic carbocycles. The summed E-state index contributed by atoms with van der Waals surface area (Å²) < 4.78 is 6.17. The third-order valence-electron chi connectivity index (χ3n) is 6.71. The van der Waals surface area contributed by atoms with Crippen LogP contribution in [0.1, 0.15) is 32.6 Å². The summed E-state index contributed by atoms with van der Waals surface area (Å²) in [4.78, 5) is 0. The van der Waals surface area contributed by atoms with E-state index in [0.717, 1.165) is 23.7 Å². The van der Waals surface area contributed by atoms with Gasteiger partial charge in [0.25, 0.3) is 0 Å². The van der Waals surface area contributed by atoms with Crippen molar-refractivity contribution in [3.05, 3.63) is 12.2 Å². The number of hydrogen-bond acceptors (Lipinski definition) is 1. The molecule has 1 heterocycles. The van der Waals surface area contributed by atoms with E-state index in [1.54, 1.807) is 5.57 Å². The molecule has 80 valence electrons. The number of ether oxygens (including phenoxy) is 1. The highest BCUT2D eigenvalue weighted by Gasteiger charge is 2.88. The van der Waals surface area contributed by atoms with E-state index in [-0.39, 0.29) is 5.60 Å². The van der Waals surface area contributed by atoms with Gasteiger partial charge >= 0.3 is 0 Å². The summed E-state index contributed by atoms with van der Waals surface area (Å²) in [5.41, 5.74) is 2.50. The maximum absolute atomic E-state index is 6.17. The number of hydrogen-bond donors (Lipinski definition) is 0. The van der Waals surface area contributed by atoms with Gasteiger partial charge in [-0.2, -0.15) is 0 Å². The first kappa shape index (κ1) is 7.89. The zero-order valence-corrected chi connectivity index (χ0v) is 9.33. The summed E-state index contributed by atoms with van der Waals surface area (Å²) >= 11 is 0. The molecule has 1 spiro atoms. The molecule has 1 nitrogen and oxygen atoms in total. The lowest BCUT2D eigenvalue weighted by Gasteiger charge is -2.44. The highest BCUT2D eigenvalue weighted by molar-refractivity contribution is 5.46. The lowest BCUT2D eigenvalue weighted by Crippen LogP contribution is -2.50. The van der Waals surface area contributed by atoms with Gasteiger partial charge in [0.15, 0.2) is 0 Å². The maximum atomic E-state index is 6.17. The molecule has 15 heavy (non-hydrogen) atoms. The first-order valence-electron chi connectivity index (χ1n) is 6.57. The van der Waals surface area contributed by atoms with Crippen molar-refractivity contribution in [3.63, 3.8) is 0 Å². The van der Waals surface area contributed by atoms with Crippen molar-refractivity contribution in [1.82, 2.24) is 0 Å². The second-order valence-corrected chi connectivity index (χ2v) is 6.79. The van der Waals surface area contributed by atoms with Gasteiger partial charge in [-0.15, -0.1) is 0 Å². The summed E-state index contributed by atoms with van der Waals surface area (Å²) in [6.45, 7) is 6.77. The Labute approximate surface area is 90.9 Å². The van der Waals surface area contributed by atoms with E-state index in [4.69, 9.17) is 4.74 Å². The summed E-state index contributed by atoms with van der Waals surface area (Å²) in [6, 6.07) is 0. The monoisotopic (exact) mass is 202 g/mol. The quantitative estimate of drug-likeness (QED) is 0.549. The van der Waals surface area contributed by atoms with Gasteiger partial charge in [-0.25, -0.2) is 0 Å². The normalized spacial score (nSPS) is 65.9. The molecular weight excluding hydrogens is 184 g/mol. The molecule has 6 rings (SSSR count). The Morgan fingerprint density at radius 2 is 1.93 bits per heavy atom. The van der Waals surface area contributed by atoms with Gasteiger partial charge < -0.3 is 4.74 Å². The maximum Gasteiger partial charge on any atom is 0.0786 e. The van der Waals surface area contributed by atoms with Crippen molar-refractivity contribution in [2.45, 2.75) is 44.3 Å². The van der Waals surface area contributed by atoms with Crippen molar-refractivity contribution < 1.29 is 4.74 Å². The summed E-state index contributed by atoms with van der Waals surface area (Å²) in [5.74, 6) is 3.36. The summed E-state index contributed by atoms with van der Waals surface area (Å²) in [5, 5.41) is 0. The summed E-state index contributed by atoms with van der Waals surface area (Å²) in [6.07, 6.45) is 6.52. The molecule has 1 saturated heterocycles. The lowest BCUT2D eigenvalue weighted by molar-refractivity contribution is -0.198. The van der Waals surface area contributed by atoms with Crippen molar-refractivity contribution in [3.8, 4) is 0 Å². The SMILES string of the molecule is C=C1[C@H]2[C@@H]3[C@@H]4O[C@]3(C)[C@@H]1[C@H]4C21CCCC1. The largest absolute Gasteiger partial charge is 0.370 e. The van der Waals surface area contributed by atoms with Crippen LogP contribution in [0, 0.1) is 29.1 Å². The molecule has 0 N–H and O–H groups in total. The van der Waals surface area contributed by atoms with Crippen LogP contribution in [0.15, 0.2) is 12.2 Å². The Morgan fingerprint density at radius 1 is 1.20 bits per heavy atom. The van der Waals surface area contributed by atoms with Gasteiger partial charge in [0.2, 0.25) is 0 Å². The standard InChI is InChI=1S/C14H18O/c1-7-8-11-12-10(13(8,2)15-12)9(7)14(11)5-3-4-6-14/h8-12H,1,3-6H2,2H3/t8-,9-,10+,11+,12-,13+/m0/s1. The van der Waals surface area contributed by atoms with E-state index in [2.05, 4.69) is 13.5 Å². The van der Waals surface area contributed by atoms with Gasteiger partial charge in [0.05, 0.1) is 11.7 Å². The molecule has 5 saturated carbocycles. The molecule has 0 aromatic rings. The van der Waals surface area contributed by atoms with Crippen LogP contribution in [0.2, 0.25) is 0 Å². The van der Waals surface area contributed by atoms with Crippen molar-refractivity contribution in [2.75, 3.05) is 0 Å². The lowest BCUT2D eigenvalue weighted by atomic mass is 9.68. The van der Waals surface area contributed by atoms with Gasteiger partial charge in [0.1, 0.15) is 0 Å². The minimum atomic E-state index is 0.241. The average Bonchev–Trinajstić information content (AvgIpc) is 2.90. The second-order valence-electron chi connectivity index (χ2n) is 6.79. The first-order valence-corrected chi connectivity index (χ1v) is 6.57. The smallest absolute Gasteiger partial charge is 0.0786 e. The predicted molar refractivity (Wildman–Crippen MR) is 57.3 cm³/mol. The fourth-order valence-corrected chi connectivity index (χ4v) is 6.64. The van der Waals surface area contributed by atoms with Crippen LogP contribution < -0.4 is 0 Å². The van der Waals surface area contributed by atoms with Crippen LogP contribution in [0.5, 0.6) is 0 Å². The molecule has 6 aliphatic rings.